The molecule has 0 bridgehead atoms. The first-order valence-corrected chi connectivity index (χ1v) is 10.9. The van der Waals surface area contributed by atoms with E-state index in [1.807, 2.05) is 0 Å². The normalized spacial score (nSPS) is 10.9. The zero-order chi connectivity index (χ0) is 23.5. The summed E-state index contributed by atoms with van der Waals surface area (Å²) >= 11 is 0. The molecule has 3 aromatic rings. The maximum Gasteiger partial charge on any atom is 0.335 e. The molecule has 164 valence electrons. The number of carbonyl (C=O) groups excluding carboxylic acids is 2. The van der Waals surface area contributed by atoms with E-state index < -0.39 is 21.9 Å². The highest BCUT2D eigenvalue weighted by atomic mass is 32.2. The van der Waals surface area contributed by atoms with Gasteiger partial charge in [-0.3, -0.25) is 14.3 Å². The predicted octanol–water partition coefficient (Wildman–Crippen LogP) is 3.95. The van der Waals surface area contributed by atoms with Crippen molar-refractivity contribution < 1.29 is 27.9 Å². The summed E-state index contributed by atoms with van der Waals surface area (Å²) < 4.78 is 28.3. The smallest absolute Gasteiger partial charge is 0.335 e. The monoisotopic (exact) mass is 452 g/mol. The lowest BCUT2D eigenvalue weighted by Crippen LogP contribution is -2.17. The highest BCUT2D eigenvalue weighted by molar-refractivity contribution is 7.92. The van der Waals surface area contributed by atoms with Crippen molar-refractivity contribution in [3.8, 4) is 0 Å². The van der Waals surface area contributed by atoms with Gasteiger partial charge in [0.15, 0.2) is 5.78 Å². The van der Waals surface area contributed by atoms with Gasteiger partial charge in [0.05, 0.1) is 10.5 Å². The van der Waals surface area contributed by atoms with Crippen LogP contribution in [0.2, 0.25) is 0 Å². The van der Waals surface area contributed by atoms with Crippen LogP contribution in [-0.4, -0.2) is 31.2 Å². The maximum atomic E-state index is 13.0. The summed E-state index contributed by atoms with van der Waals surface area (Å²) in [6, 6.07) is 16.0. The van der Waals surface area contributed by atoms with Gasteiger partial charge in [-0.1, -0.05) is 18.2 Å². The fourth-order valence-corrected chi connectivity index (χ4v) is 4.26. The highest BCUT2D eigenvalue weighted by Gasteiger charge is 2.20. The molecule has 3 aromatic carbocycles. The van der Waals surface area contributed by atoms with Crippen LogP contribution in [0.5, 0.6) is 0 Å². The lowest BCUT2D eigenvalue weighted by Gasteiger charge is -2.13. The number of sulfonamides is 1. The van der Waals surface area contributed by atoms with Crippen LogP contribution < -0.4 is 10.0 Å². The first kappa shape index (κ1) is 22.7. The summed E-state index contributed by atoms with van der Waals surface area (Å²) in [6.45, 7) is 2.99. The Morgan fingerprint density at radius 1 is 0.812 bits per heavy atom. The van der Waals surface area contributed by atoms with E-state index in [-0.39, 0.29) is 27.5 Å². The van der Waals surface area contributed by atoms with Crippen LogP contribution in [0.4, 0.5) is 11.4 Å². The minimum atomic E-state index is -4.04. The Bertz CT molecular complexity index is 1310. The van der Waals surface area contributed by atoms with Gasteiger partial charge in [0.2, 0.25) is 0 Å². The lowest BCUT2D eigenvalue weighted by atomic mass is 10.1. The molecule has 0 aliphatic carbocycles. The van der Waals surface area contributed by atoms with Crippen LogP contribution in [-0.2, 0) is 10.0 Å². The fourth-order valence-electron chi connectivity index (χ4n) is 2.94. The second-order valence-electron chi connectivity index (χ2n) is 7.06. The van der Waals surface area contributed by atoms with Gasteiger partial charge in [0.1, 0.15) is 0 Å². The molecule has 0 saturated carbocycles. The molecule has 0 radical (unpaired) electrons. The summed E-state index contributed by atoms with van der Waals surface area (Å²) in [5, 5.41) is 11.6. The molecule has 0 saturated heterocycles. The summed E-state index contributed by atoms with van der Waals surface area (Å²) in [6.07, 6.45) is 0. The van der Waals surface area contributed by atoms with Gasteiger partial charge >= 0.3 is 5.97 Å². The van der Waals surface area contributed by atoms with Crippen molar-refractivity contribution in [3.63, 3.8) is 0 Å². The van der Waals surface area contributed by atoms with E-state index in [1.165, 1.54) is 61.5 Å². The molecule has 0 aromatic heterocycles. The van der Waals surface area contributed by atoms with E-state index in [2.05, 4.69) is 10.0 Å². The van der Waals surface area contributed by atoms with Crippen molar-refractivity contribution in [2.75, 3.05) is 10.0 Å². The number of nitrogens with one attached hydrogen (secondary N) is 2. The Kier molecular flexibility index (Phi) is 6.40. The van der Waals surface area contributed by atoms with Crippen molar-refractivity contribution in [2.24, 2.45) is 0 Å². The second-order valence-corrected chi connectivity index (χ2v) is 8.71. The van der Waals surface area contributed by atoms with Crippen molar-refractivity contribution in [1.82, 2.24) is 0 Å². The maximum absolute atomic E-state index is 13.0. The quantitative estimate of drug-likeness (QED) is 0.466. The van der Waals surface area contributed by atoms with E-state index in [0.717, 1.165) is 0 Å². The molecule has 32 heavy (non-hydrogen) atoms. The Hall–Kier alpha value is -3.98. The van der Waals surface area contributed by atoms with Crippen molar-refractivity contribution in [1.29, 1.82) is 0 Å². The Balaban J connectivity index is 1.85. The number of carboxylic acid groups (broad SMARTS) is 1. The summed E-state index contributed by atoms with van der Waals surface area (Å²) in [4.78, 5) is 35.0. The van der Waals surface area contributed by atoms with Crippen LogP contribution in [0.15, 0.2) is 71.6 Å². The molecule has 0 fully saturated rings. The van der Waals surface area contributed by atoms with Crippen molar-refractivity contribution in [2.45, 2.75) is 18.7 Å². The van der Waals surface area contributed by atoms with Gasteiger partial charge in [-0.25, -0.2) is 13.2 Å². The van der Waals surface area contributed by atoms with Gasteiger partial charge in [-0.2, -0.15) is 0 Å². The number of aryl methyl sites for hydroxylation is 1. The van der Waals surface area contributed by atoms with Gasteiger partial charge in [0.25, 0.3) is 15.9 Å². The van der Waals surface area contributed by atoms with Crippen LogP contribution in [0.1, 0.15) is 43.6 Å². The zero-order valence-corrected chi connectivity index (χ0v) is 18.1. The highest BCUT2D eigenvalue weighted by Crippen LogP contribution is 2.22. The molecule has 1 amide bonds. The lowest BCUT2D eigenvalue weighted by molar-refractivity contribution is 0.0696. The average molecular weight is 452 g/mol. The number of ketones is 1. The predicted molar refractivity (Wildman–Crippen MR) is 120 cm³/mol. The number of benzene rings is 3. The Morgan fingerprint density at radius 2 is 1.47 bits per heavy atom. The summed E-state index contributed by atoms with van der Waals surface area (Å²) in [5.74, 6) is -1.84. The molecule has 0 heterocycles. The molecule has 0 aliphatic rings. The number of rotatable bonds is 7. The van der Waals surface area contributed by atoms with Crippen LogP contribution in [0, 0.1) is 6.92 Å². The van der Waals surface area contributed by atoms with Gasteiger partial charge < -0.3 is 10.4 Å². The first-order chi connectivity index (χ1) is 15.1. The molecule has 9 heteroatoms. The van der Waals surface area contributed by atoms with Crippen molar-refractivity contribution >= 4 is 39.1 Å². The second kappa shape index (κ2) is 9.03. The van der Waals surface area contributed by atoms with E-state index >= 15 is 0 Å². The zero-order valence-electron chi connectivity index (χ0n) is 17.2. The van der Waals surface area contributed by atoms with E-state index in [9.17, 15) is 22.8 Å². The molecular formula is C23H20N2O6S. The number of aromatic carboxylic acids is 1. The van der Waals surface area contributed by atoms with E-state index in [0.29, 0.717) is 16.8 Å². The number of carboxylic acids is 1. The molecule has 0 spiro atoms. The Labute approximate surface area is 185 Å². The summed E-state index contributed by atoms with van der Waals surface area (Å²) in [7, 11) is -4.04. The molecule has 0 atom stereocenters. The summed E-state index contributed by atoms with van der Waals surface area (Å²) in [5.41, 5.74) is 1.57. The van der Waals surface area contributed by atoms with E-state index in [4.69, 9.17) is 5.11 Å². The third kappa shape index (κ3) is 5.19. The van der Waals surface area contributed by atoms with Gasteiger partial charge in [0, 0.05) is 22.5 Å². The number of Topliss-reactive ketones (excluding diaryl/α,β-unsaturated/α-hetero) is 1. The molecular weight excluding hydrogens is 432 g/mol. The largest absolute Gasteiger partial charge is 0.478 e. The SMILES string of the molecule is CC(=O)c1cccc(NS(=O)(=O)c2cc(C(=O)Nc3ccc(C(=O)O)cc3)ccc2C)c1. The number of amides is 1. The minimum Gasteiger partial charge on any atom is -0.478 e. The fraction of sp³-hybridized carbons (Fsp3) is 0.0870. The van der Waals surface area contributed by atoms with E-state index in [1.54, 1.807) is 19.1 Å². The van der Waals surface area contributed by atoms with Gasteiger partial charge in [-0.05, 0) is 67.9 Å². The molecule has 3 rings (SSSR count). The first-order valence-electron chi connectivity index (χ1n) is 9.46. The van der Waals surface area contributed by atoms with Crippen LogP contribution in [0.25, 0.3) is 0 Å². The number of hydrogen-bond acceptors (Lipinski definition) is 5. The third-order valence-electron chi connectivity index (χ3n) is 4.65. The standard InChI is InChI=1S/C23H20N2O6S/c1-14-6-7-18(22(27)24-19-10-8-16(9-11-19)23(28)29)13-21(14)32(30,31)25-20-5-3-4-17(12-20)15(2)26/h3-13,25H,1-2H3,(H,24,27)(H,28,29). The average Bonchev–Trinajstić information content (AvgIpc) is 2.74. The molecule has 0 aliphatic heterocycles. The molecule has 3 N–H and O–H groups in total. The third-order valence-corrected chi connectivity index (χ3v) is 6.17. The number of anilines is 2. The molecule has 8 nitrogen and oxygen atoms in total. The van der Waals surface area contributed by atoms with Crippen molar-refractivity contribution in [3.05, 3.63) is 89.0 Å². The topological polar surface area (TPSA) is 130 Å². The number of carbonyl (C=O) groups is 3. The minimum absolute atomic E-state index is 0.0756. The van der Waals surface area contributed by atoms with Crippen LogP contribution in [0.3, 0.4) is 0 Å². The Morgan fingerprint density at radius 3 is 2.09 bits per heavy atom. The number of hydrogen-bond donors (Lipinski definition) is 3. The van der Waals surface area contributed by atoms with Crippen LogP contribution >= 0.6 is 0 Å². The molecule has 0 unspecified atom stereocenters. The van der Waals surface area contributed by atoms with Gasteiger partial charge in [-0.15, -0.1) is 0 Å².